The summed E-state index contributed by atoms with van der Waals surface area (Å²) in [5, 5.41) is 0. The molecule has 0 spiro atoms. The summed E-state index contributed by atoms with van der Waals surface area (Å²) >= 11 is 0. The van der Waals surface area contributed by atoms with Gasteiger partial charge in [0, 0.05) is 24.9 Å². The molecule has 2 unspecified atom stereocenters. The van der Waals surface area contributed by atoms with Crippen molar-refractivity contribution in [2.24, 2.45) is 0 Å². The van der Waals surface area contributed by atoms with E-state index in [0.717, 1.165) is 18.6 Å². The first-order chi connectivity index (χ1) is 8.50. The van der Waals surface area contributed by atoms with Crippen molar-refractivity contribution in [1.82, 2.24) is 4.90 Å². The zero-order chi connectivity index (χ0) is 13.3. The summed E-state index contributed by atoms with van der Waals surface area (Å²) in [4.78, 5) is 14.2. The molecule has 0 saturated carbocycles. The summed E-state index contributed by atoms with van der Waals surface area (Å²) in [6, 6.07) is 5.59. The predicted molar refractivity (Wildman–Crippen MR) is 71.5 cm³/mol. The number of carbonyl (C=O) groups excluding carboxylic acids is 1. The molecule has 1 aromatic carbocycles. The third kappa shape index (κ3) is 2.34. The van der Waals surface area contributed by atoms with E-state index in [-0.39, 0.29) is 18.1 Å². The second-order valence-corrected chi connectivity index (χ2v) is 4.92. The Morgan fingerprint density at radius 3 is 2.83 bits per heavy atom. The largest absolute Gasteiger partial charge is 0.399 e. The Kier molecular flexibility index (Phi) is 3.57. The van der Waals surface area contributed by atoms with Gasteiger partial charge in [-0.15, -0.1) is 0 Å². The first-order valence-electron chi connectivity index (χ1n) is 6.25. The van der Waals surface area contributed by atoms with Crippen LogP contribution >= 0.6 is 0 Å². The highest BCUT2D eigenvalue weighted by Gasteiger charge is 2.31. The predicted octanol–water partition coefficient (Wildman–Crippen LogP) is 1.83. The molecule has 1 amide bonds. The average Bonchev–Trinajstić information content (AvgIpc) is 2.77. The third-order valence-electron chi connectivity index (χ3n) is 3.65. The Bertz CT molecular complexity index is 459. The van der Waals surface area contributed by atoms with Gasteiger partial charge in [-0.1, -0.05) is 6.07 Å². The van der Waals surface area contributed by atoms with E-state index in [4.69, 9.17) is 10.5 Å². The van der Waals surface area contributed by atoms with Crippen molar-refractivity contribution in [2.75, 3.05) is 19.4 Å². The van der Waals surface area contributed by atoms with Crippen LogP contribution < -0.4 is 5.73 Å². The van der Waals surface area contributed by atoms with Crippen molar-refractivity contribution in [3.63, 3.8) is 0 Å². The molecule has 0 aliphatic carbocycles. The summed E-state index contributed by atoms with van der Waals surface area (Å²) in [7, 11) is 1.83. The summed E-state index contributed by atoms with van der Waals surface area (Å²) in [5.41, 5.74) is 8.00. The molecule has 2 atom stereocenters. The molecule has 0 radical (unpaired) electrons. The summed E-state index contributed by atoms with van der Waals surface area (Å²) < 4.78 is 5.51. The molecular weight excluding hydrogens is 228 g/mol. The molecule has 1 aliphatic rings. The van der Waals surface area contributed by atoms with E-state index in [1.54, 1.807) is 11.0 Å². The highest BCUT2D eigenvalue weighted by Crippen LogP contribution is 2.22. The molecule has 0 bridgehead atoms. The number of anilines is 1. The Labute approximate surface area is 108 Å². The topological polar surface area (TPSA) is 55.6 Å². The fourth-order valence-corrected chi connectivity index (χ4v) is 2.44. The maximum Gasteiger partial charge on any atom is 0.254 e. The molecule has 4 heteroatoms. The van der Waals surface area contributed by atoms with Crippen molar-refractivity contribution in [2.45, 2.75) is 32.4 Å². The number of carbonyl (C=O) groups is 1. The van der Waals surface area contributed by atoms with Gasteiger partial charge >= 0.3 is 0 Å². The molecule has 1 aromatic rings. The van der Waals surface area contributed by atoms with Crippen molar-refractivity contribution < 1.29 is 9.53 Å². The number of nitrogens with two attached hydrogens (primary N) is 1. The van der Waals surface area contributed by atoms with E-state index in [2.05, 4.69) is 0 Å². The minimum Gasteiger partial charge on any atom is -0.399 e. The van der Waals surface area contributed by atoms with Gasteiger partial charge in [0.15, 0.2) is 0 Å². The van der Waals surface area contributed by atoms with Crippen LogP contribution in [-0.2, 0) is 4.74 Å². The molecule has 1 heterocycles. The summed E-state index contributed by atoms with van der Waals surface area (Å²) in [5.74, 6) is 0.0159. The van der Waals surface area contributed by atoms with Gasteiger partial charge in [-0.25, -0.2) is 0 Å². The Morgan fingerprint density at radius 2 is 2.22 bits per heavy atom. The number of likely N-dealkylation sites (N-methyl/N-ethyl adjacent to an activating group) is 1. The lowest BCUT2D eigenvalue weighted by atomic mass is 10.0. The van der Waals surface area contributed by atoms with Crippen molar-refractivity contribution >= 4 is 11.6 Å². The van der Waals surface area contributed by atoms with Crippen LogP contribution in [0.4, 0.5) is 5.69 Å². The van der Waals surface area contributed by atoms with Crippen LogP contribution in [0.2, 0.25) is 0 Å². The molecule has 98 valence electrons. The first kappa shape index (κ1) is 12.9. The van der Waals surface area contributed by atoms with Gasteiger partial charge in [-0.05, 0) is 38.0 Å². The number of amides is 1. The van der Waals surface area contributed by atoms with Gasteiger partial charge in [0.2, 0.25) is 0 Å². The molecule has 2 rings (SSSR count). The van der Waals surface area contributed by atoms with E-state index in [0.29, 0.717) is 11.3 Å². The second kappa shape index (κ2) is 4.98. The number of hydrogen-bond donors (Lipinski definition) is 1. The van der Waals surface area contributed by atoms with Crippen LogP contribution in [0.5, 0.6) is 0 Å². The zero-order valence-corrected chi connectivity index (χ0v) is 11.1. The SMILES string of the molecule is Cc1ccc(N)cc1C(=O)N(C)C1CCOC1C. The minimum absolute atomic E-state index is 0.0159. The maximum absolute atomic E-state index is 12.5. The summed E-state index contributed by atoms with van der Waals surface area (Å²) in [6.45, 7) is 4.65. The molecule has 4 nitrogen and oxygen atoms in total. The molecular formula is C14H20N2O2. The fourth-order valence-electron chi connectivity index (χ4n) is 2.44. The smallest absolute Gasteiger partial charge is 0.254 e. The van der Waals surface area contributed by atoms with Crippen molar-refractivity contribution in [3.05, 3.63) is 29.3 Å². The lowest BCUT2D eigenvalue weighted by Crippen LogP contribution is -2.41. The van der Waals surface area contributed by atoms with E-state index in [9.17, 15) is 4.79 Å². The molecule has 0 aromatic heterocycles. The van der Waals surface area contributed by atoms with Crippen LogP contribution in [0.15, 0.2) is 18.2 Å². The lowest BCUT2D eigenvalue weighted by Gasteiger charge is -2.27. The van der Waals surface area contributed by atoms with E-state index in [1.807, 2.05) is 33.0 Å². The van der Waals surface area contributed by atoms with Crippen molar-refractivity contribution in [3.8, 4) is 0 Å². The number of ether oxygens (including phenoxy) is 1. The van der Waals surface area contributed by atoms with Crippen LogP contribution in [0.25, 0.3) is 0 Å². The number of nitrogens with zero attached hydrogens (tertiary/aromatic N) is 1. The highest BCUT2D eigenvalue weighted by atomic mass is 16.5. The number of nitrogen functional groups attached to an aromatic ring is 1. The van der Waals surface area contributed by atoms with Crippen LogP contribution in [-0.4, -0.2) is 36.6 Å². The van der Waals surface area contributed by atoms with Gasteiger partial charge in [-0.3, -0.25) is 4.79 Å². The first-order valence-corrected chi connectivity index (χ1v) is 6.25. The molecule has 18 heavy (non-hydrogen) atoms. The third-order valence-corrected chi connectivity index (χ3v) is 3.65. The number of aryl methyl sites for hydroxylation is 1. The zero-order valence-electron chi connectivity index (χ0n) is 11.1. The van der Waals surface area contributed by atoms with E-state index in [1.165, 1.54) is 0 Å². The van der Waals surface area contributed by atoms with Crippen LogP contribution in [0, 0.1) is 6.92 Å². The quantitative estimate of drug-likeness (QED) is 0.812. The second-order valence-electron chi connectivity index (χ2n) is 4.92. The monoisotopic (exact) mass is 248 g/mol. The molecule has 1 aliphatic heterocycles. The Morgan fingerprint density at radius 1 is 1.50 bits per heavy atom. The number of rotatable bonds is 2. The fraction of sp³-hybridized carbons (Fsp3) is 0.500. The summed E-state index contributed by atoms with van der Waals surface area (Å²) in [6.07, 6.45) is 0.991. The van der Waals surface area contributed by atoms with Gasteiger partial charge in [0.25, 0.3) is 5.91 Å². The average molecular weight is 248 g/mol. The Balaban J connectivity index is 2.22. The van der Waals surface area contributed by atoms with Gasteiger partial charge < -0.3 is 15.4 Å². The lowest BCUT2D eigenvalue weighted by molar-refractivity contribution is 0.0574. The van der Waals surface area contributed by atoms with E-state index >= 15 is 0 Å². The molecule has 1 fully saturated rings. The number of benzene rings is 1. The highest BCUT2D eigenvalue weighted by molar-refractivity contribution is 5.96. The standard InChI is InChI=1S/C14H20N2O2/c1-9-4-5-11(15)8-12(9)14(17)16(3)13-6-7-18-10(13)2/h4-5,8,10,13H,6-7,15H2,1-3H3. The Hall–Kier alpha value is -1.55. The minimum atomic E-state index is 0.0159. The van der Waals surface area contributed by atoms with Crippen LogP contribution in [0.3, 0.4) is 0 Å². The van der Waals surface area contributed by atoms with Gasteiger partial charge in [-0.2, -0.15) is 0 Å². The van der Waals surface area contributed by atoms with E-state index < -0.39 is 0 Å². The maximum atomic E-state index is 12.5. The normalized spacial score (nSPS) is 23.1. The molecule has 1 saturated heterocycles. The van der Waals surface area contributed by atoms with Crippen LogP contribution in [0.1, 0.15) is 29.3 Å². The van der Waals surface area contributed by atoms with Crippen molar-refractivity contribution in [1.29, 1.82) is 0 Å². The van der Waals surface area contributed by atoms with Gasteiger partial charge in [0.05, 0.1) is 12.1 Å². The number of hydrogen-bond acceptors (Lipinski definition) is 3. The molecule has 2 N–H and O–H groups in total. The van der Waals surface area contributed by atoms with Gasteiger partial charge in [0.1, 0.15) is 0 Å².